The summed E-state index contributed by atoms with van der Waals surface area (Å²) >= 11 is 0. The number of rotatable bonds is 5. The standard InChI is InChI=1S/C12H19N3O4S/c1-8-2-4-9(5-3-8)6-14-20(18,19)11-10(12(16)17)7-13-15-11/h7-9,14H,2-6H2,1H3,(H,13,15)(H,16,17). The third-order valence-electron chi connectivity index (χ3n) is 3.80. The minimum atomic E-state index is -3.85. The number of nitrogens with zero attached hydrogens (tertiary/aromatic N) is 1. The summed E-state index contributed by atoms with van der Waals surface area (Å²) in [5.41, 5.74) is -0.338. The van der Waals surface area contributed by atoms with Gasteiger partial charge in [-0.3, -0.25) is 5.10 Å². The quantitative estimate of drug-likeness (QED) is 0.756. The topological polar surface area (TPSA) is 112 Å². The predicted molar refractivity (Wildman–Crippen MR) is 71.9 cm³/mol. The van der Waals surface area contributed by atoms with E-state index in [9.17, 15) is 13.2 Å². The molecule has 0 bridgehead atoms. The number of H-pyrrole nitrogens is 1. The molecule has 0 atom stereocenters. The monoisotopic (exact) mass is 301 g/mol. The Kier molecular flexibility index (Phi) is 4.44. The number of hydrogen-bond donors (Lipinski definition) is 3. The van der Waals surface area contributed by atoms with Gasteiger partial charge < -0.3 is 5.11 Å². The minimum absolute atomic E-state index is 0.317. The van der Waals surface area contributed by atoms with Crippen LogP contribution < -0.4 is 4.72 Å². The van der Waals surface area contributed by atoms with E-state index in [1.54, 1.807) is 0 Å². The van der Waals surface area contributed by atoms with E-state index in [1.807, 2.05) is 0 Å². The summed E-state index contributed by atoms with van der Waals surface area (Å²) in [4.78, 5) is 10.9. The molecule has 1 aromatic rings. The fraction of sp³-hybridized carbons (Fsp3) is 0.667. The molecule has 8 heteroatoms. The summed E-state index contributed by atoms with van der Waals surface area (Å²) in [5, 5.41) is 14.3. The van der Waals surface area contributed by atoms with E-state index in [2.05, 4.69) is 21.8 Å². The summed E-state index contributed by atoms with van der Waals surface area (Å²) in [6, 6.07) is 0. The van der Waals surface area contributed by atoms with Crippen LogP contribution >= 0.6 is 0 Å². The number of aromatic carboxylic acids is 1. The van der Waals surface area contributed by atoms with Crippen LogP contribution in [0.15, 0.2) is 11.2 Å². The number of nitrogens with one attached hydrogen (secondary N) is 2. The molecule has 1 aliphatic carbocycles. The predicted octanol–water partition coefficient (Wildman–Crippen LogP) is 1.21. The van der Waals surface area contributed by atoms with Gasteiger partial charge in [0.05, 0.1) is 6.20 Å². The highest BCUT2D eigenvalue weighted by atomic mass is 32.2. The summed E-state index contributed by atoms with van der Waals surface area (Å²) < 4.78 is 26.6. The molecule has 0 aromatic carbocycles. The first kappa shape index (κ1) is 15.0. The van der Waals surface area contributed by atoms with Gasteiger partial charge >= 0.3 is 5.97 Å². The second-order valence-corrected chi connectivity index (χ2v) is 7.10. The highest BCUT2D eigenvalue weighted by Gasteiger charge is 2.26. The Morgan fingerprint density at radius 3 is 2.70 bits per heavy atom. The molecule has 0 saturated heterocycles. The fourth-order valence-electron chi connectivity index (χ4n) is 2.46. The Labute approximate surface area is 117 Å². The van der Waals surface area contributed by atoms with Crippen LogP contribution in [0.5, 0.6) is 0 Å². The zero-order chi connectivity index (χ0) is 14.8. The maximum absolute atomic E-state index is 12.1. The molecule has 1 aromatic heterocycles. The first-order valence-electron chi connectivity index (χ1n) is 6.66. The van der Waals surface area contributed by atoms with Gasteiger partial charge in [-0.2, -0.15) is 5.10 Å². The molecule has 0 radical (unpaired) electrons. The highest BCUT2D eigenvalue weighted by Crippen LogP contribution is 2.28. The van der Waals surface area contributed by atoms with E-state index in [0.29, 0.717) is 18.4 Å². The van der Waals surface area contributed by atoms with E-state index in [0.717, 1.165) is 31.9 Å². The van der Waals surface area contributed by atoms with Crippen LogP contribution in [0.25, 0.3) is 0 Å². The van der Waals surface area contributed by atoms with Crippen molar-refractivity contribution in [2.75, 3.05) is 6.54 Å². The zero-order valence-corrected chi connectivity index (χ0v) is 12.1. The number of hydrogen-bond acceptors (Lipinski definition) is 4. The maximum atomic E-state index is 12.1. The molecule has 2 rings (SSSR count). The Hall–Kier alpha value is -1.41. The van der Waals surface area contributed by atoms with Crippen molar-refractivity contribution in [3.05, 3.63) is 11.8 Å². The molecule has 112 valence electrons. The lowest BCUT2D eigenvalue weighted by atomic mass is 9.83. The van der Waals surface area contributed by atoms with Crippen molar-refractivity contribution < 1.29 is 18.3 Å². The molecule has 1 heterocycles. The maximum Gasteiger partial charge on any atom is 0.340 e. The lowest BCUT2D eigenvalue weighted by Crippen LogP contribution is -2.32. The summed E-state index contributed by atoms with van der Waals surface area (Å²) in [5.74, 6) is -0.295. The van der Waals surface area contributed by atoms with Gasteiger partial charge in [0.1, 0.15) is 5.56 Å². The van der Waals surface area contributed by atoms with Gasteiger partial charge in [0.15, 0.2) is 5.03 Å². The fourth-order valence-corrected chi connectivity index (χ4v) is 3.67. The van der Waals surface area contributed by atoms with Crippen LogP contribution in [0.2, 0.25) is 0 Å². The summed E-state index contributed by atoms with van der Waals surface area (Å²) in [7, 11) is -3.85. The van der Waals surface area contributed by atoms with E-state index in [-0.39, 0.29) is 10.6 Å². The number of carbonyl (C=O) groups is 1. The number of aromatic nitrogens is 2. The molecule has 1 fully saturated rings. The van der Waals surface area contributed by atoms with Gasteiger partial charge in [0.2, 0.25) is 0 Å². The third-order valence-corrected chi connectivity index (χ3v) is 5.20. The smallest absolute Gasteiger partial charge is 0.340 e. The molecular weight excluding hydrogens is 282 g/mol. The first-order chi connectivity index (χ1) is 9.40. The van der Waals surface area contributed by atoms with Crippen LogP contribution in [-0.4, -0.2) is 36.2 Å². The normalized spacial score (nSPS) is 23.6. The Morgan fingerprint density at radius 2 is 2.10 bits per heavy atom. The van der Waals surface area contributed by atoms with Crippen molar-refractivity contribution in [3.63, 3.8) is 0 Å². The Balaban J connectivity index is 2.01. The van der Waals surface area contributed by atoms with E-state index < -0.39 is 16.0 Å². The summed E-state index contributed by atoms with van der Waals surface area (Å²) in [6.07, 6.45) is 5.21. The molecule has 0 aliphatic heterocycles. The number of sulfonamides is 1. The Morgan fingerprint density at radius 1 is 1.45 bits per heavy atom. The number of aromatic amines is 1. The van der Waals surface area contributed by atoms with Crippen molar-refractivity contribution in [2.24, 2.45) is 11.8 Å². The van der Waals surface area contributed by atoms with Crippen molar-refractivity contribution in [2.45, 2.75) is 37.6 Å². The SMILES string of the molecule is CC1CCC(CNS(=O)(=O)c2[nH]ncc2C(=O)O)CC1. The van der Waals surface area contributed by atoms with Gasteiger partial charge in [-0.1, -0.05) is 19.8 Å². The van der Waals surface area contributed by atoms with Gasteiger partial charge in [-0.15, -0.1) is 0 Å². The van der Waals surface area contributed by atoms with Gasteiger partial charge in [-0.05, 0) is 24.7 Å². The largest absolute Gasteiger partial charge is 0.478 e. The molecule has 0 unspecified atom stereocenters. The van der Waals surface area contributed by atoms with E-state index >= 15 is 0 Å². The van der Waals surface area contributed by atoms with Crippen molar-refractivity contribution in [1.82, 2.24) is 14.9 Å². The average Bonchev–Trinajstić information content (AvgIpc) is 2.88. The lowest BCUT2D eigenvalue weighted by Gasteiger charge is -2.26. The molecule has 20 heavy (non-hydrogen) atoms. The summed E-state index contributed by atoms with van der Waals surface area (Å²) in [6.45, 7) is 2.54. The average molecular weight is 301 g/mol. The van der Waals surface area contributed by atoms with Crippen LogP contribution in [0.4, 0.5) is 0 Å². The zero-order valence-electron chi connectivity index (χ0n) is 11.3. The van der Waals surface area contributed by atoms with Crippen LogP contribution in [-0.2, 0) is 10.0 Å². The van der Waals surface area contributed by atoms with Gasteiger partial charge in [0.25, 0.3) is 10.0 Å². The van der Waals surface area contributed by atoms with E-state index in [1.165, 1.54) is 0 Å². The Bertz CT molecular complexity index is 573. The number of carboxylic acid groups (broad SMARTS) is 1. The third kappa shape index (κ3) is 3.37. The van der Waals surface area contributed by atoms with Crippen LogP contribution in [0.1, 0.15) is 43.0 Å². The van der Waals surface area contributed by atoms with Crippen LogP contribution in [0.3, 0.4) is 0 Å². The molecule has 0 spiro atoms. The second-order valence-electron chi connectivity index (χ2n) is 5.40. The van der Waals surface area contributed by atoms with Crippen LogP contribution in [0, 0.1) is 11.8 Å². The number of carboxylic acids is 1. The molecule has 7 nitrogen and oxygen atoms in total. The van der Waals surface area contributed by atoms with Crippen molar-refractivity contribution >= 4 is 16.0 Å². The second kappa shape index (κ2) is 5.92. The van der Waals surface area contributed by atoms with E-state index in [4.69, 9.17) is 5.11 Å². The first-order valence-corrected chi connectivity index (χ1v) is 8.15. The van der Waals surface area contributed by atoms with Gasteiger partial charge in [-0.25, -0.2) is 17.9 Å². The van der Waals surface area contributed by atoms with Crippen molar-refractivity contribution in [1.29, 1.82) is 0 Å². The molecule has 1 aliphatic rings. The highest BCUT2D eigenvalue weighted by molar-refractivity contribution is 7.89. The van der Waals surface area contributed by atoms with Crippen molar-refractivity contribution in [3.8, 4) is 0 Å². The lowest BCUT2D eigenvalue weighted by molar-refractivity contribution is 0.0692. The van der Waals surface area contributed by atoms with Gasteiger partial charge in [0, 0.05) is 6.54 Å². The molecule has 0 amide bonds. The molecule has 1 saturated carbocycles. The molecule has 3 N–H and O–H groups in total. The minimum Gasteiger partial charge on any atom is -0.478 e. The molecular formula is C12H19N3O4S.